The zero-order valence-corrected chi connectivity index (χ0v) is 13.7. The van der Waals surface area contributed by atoms with Crippen LogP contribution in [0.3, 0.4) is 0 Å². The molecule has 4 nitrogen and oxygen atoms in total. The second kappa shape index (κ2) is 7.87. The van der Waals surface area contributed by atoms with E-state index in [4.69, 9.17) is 5.73 Å². The smallest absolute Gasteiger partial charge is 0.0514 e. The first kappa shape index (κ1) is 16.4. The molecule has 0 spiro atoms. The van der Waals surface area contributed by atoms with Gasteiger partial charge in [-0.15, -0.1) is 0 Å². The van der Waals surface area contributed by atoms with Crippen molar-refractivity contribution >= 4 is 0 Å². The first-order chi connectivity index (χ1) is 10.1. The summed E-state index contributed by atoms with van der Waals surface area (Å²) in [6.07, 6.45) is 7.35. The number of hydrogen-bond acceptors (Lipinski definition) is 4. The van der Waals surface area contributed by atoms with E-state index in [9.17, 15) is 0 Å². The third-order valence-corrected chi connectivity index (χ3v) is 4.57. The van der Waals surface area contributed by atoms with Crippen molar-refractivity contribution in [3.05, 3.63) is 30.1 Å². The van der Waals surface area contributed by atoms with Gasteiger partial charge in [0.05, 0.1) is 6.04 Å². The Morgan fingerprint density at radius 1 is 1.38 bits per heavy atom. The van der Waals surface area contributed by atoms with Gasteiger partial charge in [0.2, 0.25) is 0 Å². The van der Waals surface area contributed by atoms with Gasteiger partial charge in [0, 0.05) is 25.0 Å². The molecule has 1 fully saturated rings. The molecule has 2 unspecified atom stereocenters. The molecule has 1 aliphatic rings. The van der Waals surface area contributed by atoms with Gasteiger partial charge in [-0.2, -0.15) is 0 Å². The van der Waals surface area contributed by atoms with E-state index >= 15 is 0 Å². The molecule has 0 amide bonds. The van der Waals surface area contributed by atoms with Gasteiger partial charge in [-0.1, -0.05) is 13.0 Å². The molecule has 1 aromatic heterocycles. The van der Waals surface area contributed by atoms with Crippen molar-refractivity contribution in [1.82, 2.24) is 14.8 Å². The summed E-state index contributed by atoms with van der Waals surface area (Å²) in [7, 11) is 4.33. The Morgan fingerprint density at radius 3 is 2.62 bits per heavy atom. The van der Waals surface area contributed by atoms with E-state index < -0.39 is 0 Å². The number of pyridine rings is 1. The zero-order valence-electron chi connectivity index (χ0n) is 13.7. The molecule has 2 atom stereocenters. The number of aromatic nitrogens is 1. The van der Waals surface area contributed by atoms with E-state index in [-0.39, 0.29) is 6.04 Å². The quantitative estimate of drug-likeness (QED) is 0.872. The minimum atomic E-state index is 0.180. The van der Waals surface area contributed by atoms with E-state index in [1.165, 1.54) is 24.9 Å². The Hall–Kier alpha value is -0.970. The van der Waals surface area contributed by atoms with Crippen LogP contribution in [0.2, 0.25) is 0 Å². The van der Waals surface area contributed by atoms with Crippen molar-refractivity contribution in [1.29, 1.82) is 0 Å². The van der Waals surface area contributed by atoms with Gasteiger partial charge in [0.25, 0.3) is 0 Å². The molecule has 1 saturated heterocycles. The predicted octanol–water partition coefficient (Wildman–Crippen LogP) is 2.13. The fourth-order valence-electron chi connectivity index (χ4n) is 3.43. The number of piperidine rings is 1. The maximum absolute atomic E-state index is 6.42. The molecule has 1 aromatic rings. The Labute approximate surface area is 129 Å². The van der Waals surface area contributed by atoms with Crippen molar-refractivity contribution < 1.29 is 0 Å². The van der Waals surface area contributed by atoms with Crippen LogP contribution in [0.5, 0.6) is 0 Å². The lowest BCUT2D eigenvalue weighted by Crippen LogP contribution is -2.45. The van der Waals surface area contributed by atoms with Gasteiger partial charge in [-0.05, 0) is 64.0 Å². The number of nitrogens with two attached hydrogens (primary N) is 1. The maximum atomic E-state index is 6.42. The van der Waals surface area contributed by atoms with E-state index in [1.807, 2.05) is 18.5 Å². The number of nitrogens with zero attached hydrogens (tertiary/aromatic N) is 3. The Morgan fingerprint density at radius 2 is 2.10 bits per heavy atom. The minimum Gasteiger partial charge on any atom is -0.326 e. The Balaban J connectivity index is 2.03. The second-order valence-corrected chi connectivity index (χ2v) is 6.54. The van der Waals surface area contributed by atoms with Gasteiger partial charge in [0.1, 0.15) is 0 Å². The second-order valence-electron chi connectivity index (χ2n) is 6.54. The molecule has 0 bridgehead atoms. The monoisotopic (exact) mass is 290 g/mol. The molecule has 0 aromatic carbocycles. The summed E-state index contributed by atoms with van der Waals surface area (Å²) in [6, 6.07) is 4.67. The normalized spacial score (nSPS) is 20.6. The molecule has 2 heterocycles. The lowest BCUT2D eigenvalue weighted by molar-refractivity contribution is 0.104. The lowest BCUT2D eigenvalue weighted by Gasteiger charge is -2.40. The summed E-state index contributed by atoms with van der Waals surface area (Å²) in [4.78, 5) is 9.15. The average molecular weight is 290 g/mol. The minimum absolute atomic E-state index is 0.180. The number of hydrogen-bond donors (Lipinski definition) is 1. The van der Waals surface area contributed by atoms with E-state index in [0.717, 1.165) is 25.4 Å². The molecule has 0 saturated carbocycles. The van der Waals surface area contributed by atoms with Gasteiger partial charge in [-0.3, -0.25) is 9.88 Å². The van der Waals surface area contributed by atoms with Crippen LogP contribution in [0, 0.1) is 5.92 Å². The van der Waals surface area contributed by atoms with Crippen molar-refractivity contribution in [3.63, 3.8) is 0 Å². The highest BCUT2D eigenvalue weighted by Crippen LogP contribution is 2.29. The molecular formula is C17H30N4. The van der Waals surface area contributed by atoms with E-state index in [0.29, 0.717) is 6.04 Å². The van der Waals surface area contributed by atoms with Crippen molar-refractivity contribution in [2.45, 2.75) is 38.3 Å². The van der Waals surface area contributed by atoms with Crippen LogP contribution < -0.4 is 5.73 Å². The molecule has 21 heavy (non-hydrogen) atoms. The molecule has 1 aliphatic heterocycles. The van der Waals surface area contributed by atoms with Crippen LogP contribution in [0.1, 0.15) is 37.8 Å². The molecule has 4 heteroatoms. The summed E-state index contributed by atoms with van der Waals surface area (Å²) >= 11 is 0. The molecule has 2 N–H and O–H groups in total. The summed E-state index contributed by atoms with van der Waals surface area (Å²) in [5, 5.41) is 0. The van der Waals surface area contributed by atoms with E-state index in [2.05, 4.69) is 41.9 Å². The van der Waals surface area contributed by atoms with Crippen molar-refractivity contribution in [3.8, 4) is 0 Å². The fourth-order valence-corrected chi connectivity index (χ4v) is 3.43. The largest absolute Gasteiger partial charge is 0.326 e. The molecule has 118 valence electrons. The average Bonchev–Trinajstić information content (AvgIpc) is 2.49. The molecule has 0 aliphatic carbocycles. The number of rotatable bonds is 6. The Kier molecular flexibility index (Phi) is 6.15. The van der Waals surface area contributed by atoms with Crippen LogP contribution in [0.25, 0.3) is 0 Å². The summed E-state index contributed by atoms with van der Waals surface area (Å²) < 4.78 is 0. The highest BCUT2D eigenvalue weighted by Gasteiger charge is 2.29. The third kappa shape index (κ3) is 4.50. The third-order valence-electron chi connectivity index (χ3n) is 4.57. The van der Waals surface area contributed by atoms with Crippen LogP contribution in [-0.2, 0) is 0 Å². The van der Waals surface area contributed by atoms with Crippen LogP contribution in [-0.4, -0.2) is 54.6 Å². The number of likely N-dealkylation sites (tertiary alicyclic amines) is 1. The van der Waals surface area contributed by atoms with Crippen molar-refractivity contribution in [2.75, 3.05) is 33.7 Å². The maximum Gasteiger partial charge on any atom is 0.0514 e. The molecule has 0 radical (unpaired) electrons. The van der Waals surface area contributed by atoms with Gasteiger partial charge in [-0.25, -0.2) is 0 Å². The lowest BCUT2D eigenvalue weighted by atomic mass is 9.91. The van der Waals surface area contributed by atoms with Crippen LogP contribution in [0.4, 0.5) is 0 Å². The topological polar surface area (TPSA) is 45.4 Å². The first-order valence-electron chi connectivity index (χ1n) is 8.16. The summed E-state index contributed by atoms with van der Waals surface area (Å²) in [5.41, 5.74) is 7.68. The molecular weight excluding hydrogens is 260 g/mol. The highest BCUT2D eigenvalue weighted by atomic mass is 15.2. The first-order valence-corrected chi connectivity index (χ1v) is 8.16. The Bertz CT molecular complexity index is 399. The van der Waals surface area contributed by atoms with Gasteiger partial charge < -0.3 is 10.6 Å². The fraction of sp³-hybridized carbons (Fsp3) is 0.706. The summed E-state index contributed by atoms with van der Waals surface area (Å²) in [5.74, 6) is 0.823. The SMILES string of the molecule is CCC(N)C(c1cccnc1)N1CCC(CN(C)C)CC1. The molecule has 2 rings (SSSR count). The van der Waals surface area contributed by atoms with Gasteiger partial charge in [0.15, 0.2) is 0 Å². The van der Waals surface area contributed by atoms with Crippen LogP contribution in [0.15, 0.2) is 24.5 Å². The van der Waals surface area contributed by atoms with E-state index in [1.54, 1.807) is 0 Å². The zero-order chi connectivity index (χ0) is 15.2. The van der Waals surface area contributed by atoms with Gasteiger partial charge >= 0.3 is 0 Å². The van der Waals surface area contributed by atoms with Crippen molar-refractivity contribution in [2.24, 2.45) is 11.7 Å². The highest BCUT2D eigenvalue weighted by molar-refractivity contribution is 5.16. The standard InChI is InChI=1S/C17H30N4/c1-4-16(18)17(15-6-5-9-19-12-15)21-10-7-14(8-11-21)13-20(2)3/h5-6,9,12,14,16-17H,4,7-8,10-11,13,18H2,1-3H3. The van der Waals surface area contributed by atoms with Crippen LogP contribution >= 0.6 is 0 Å². The predicted molar refractivity (Wildman–Crippen MR) is 88.1 cm³/mol. The summed E-state index contributed by atoms with van der Waals surface area (Å²) in [6.45, 7) is 5.66.